The van der Waals surface area contributed by atoms with Gasteiger partial charge in [-0.25, -0.2) is 0 Å². The predicted octanol–water partition coefficient (Wildman–Crippen LogP) is 3.63. The fourth-order valence-corrected chi connectivity index (χ4v) is 4.49. The molecule has 0 radical (unpaired) electrons. The summed E-state index contributed by atoms with van der Waals surface area (Å²) < 4.78 is 2.33. The van der Waals surface area contributed by atoms with Gasteiger partial charge in [0.05, 0.1) is 5.03 Å². The van der Waals surface area contributed by atoms with E-state index < -0.39 is 0 Å². The third-order valence-electron chi connectivity index (χ3n) is 3.90. The van der Waals surface area contributed by atoms with Crippen LogP contribution >= 0.6 is 11.8 Å². The third-order valence-corrected chi connectivity index (χ3v) is 5.06. The van der Waals surface area contributed by atoms with Gasteiger partial charge in [0, 0.05) is 47.9 Å². The fraction of sp³-hybridized carbons (Fsp3) is 0.400. The zero-order valence-corrected chi connectivity index (χ0v) is 11.9. The van der Waals surface area contributed by atoms with E-state index in [-0.39, 0.29) is 5.41 Å². The lowest BCUT2D eigenvalue weighted by atomic mass is 9.80. The van der Waals surface area contributed by atoms with Gasteiger partial charge in [-0.05, 0) is 12.5 Å². The molecule has 94 valence electrons. The Labute approximate surface area is 112 Å². The Balaban J connectivity index is 2.38. The van der Waals surface area contributed by atoms with Gasteiger partial charge in [0.25, 0.3) is 0 Å². The van der Waals surface area contributed by atoms with Gasteiger partial charge < -0.3 is 4.57 Å². The molecule has 1 unspecified atom stereocenters. The number of benzene rings is 1. The van der Waals surface area contributed by atoms with Crippen LogP contribution in [0, 0.1) is 0 Å². The number of nitrogens with zero attached hydrogens (tertiary/aromatic N) is 2. The second-order valence-electron chi connectivity index (χ2n) is 5.16. The van der Waals surface area contributed by atoms with E-state index in [1.165, 1.54) is 27.2 Å². The Morgan fingerprint density at radius 2 is 2.17 bits per heavy atom. The Morgan fingerprint density at radius 1 is 1.39 bits per heavy atom. The highest BCUT2D eigenvalue weighted by Gasteiger charge is 2.35. The van der Waals surface area contributed by atoms with Gasteiger partial charge in [-0.2, -0.15) is 0 Å². The van der Waals surface area contributed by atoms with Crippen LogP contribution in [0.25, 0.3) is 10.9 Å². The molecule has 1 aliphatic rings. The summed E-state index contributed by atoms with van der Waals surface area (Å²) in [4.78, 5) is 4.30. The van der Waals surface area contributed by atoms with Crippen molar-refractivity contribution >= 4 is 28.9 Å². The third kappa shape index (κ3) is 1.53. The summed E-state index contributed by atoms with van der Waals surface area (Å²) in [5.41, 5.74) is 2.87. The molecule has 3 rings (SSSR count). The van der Waals surface area contributed by atoms with Crippen molar-refractivity contribution in [1.82, 2.24) is 4.57 Å². The zero-order valence-electron chi connectivity index (χ0n) is 11.1. The number of aromatic nitrogens is 1. The number of para-hydroxylation sites is 1. The van der Waals surface area contributed by atoms with Crippen LogP contribution in [-0.4, -0.2) is 23.6 Å². The van der Waals surface area contributed by atoms with Crippen LogP contribution in [-0.2, 0) is 12.5 Å². The Bertz CT molecular complexity index is 627. The molecule has 0 amide bonds. The van der Waals surface area contributed by atoms with Crippen molar-refractivity contribution in [2.45, 2.75) is 23.8 Å². The number of thioether (sulfide) groups is 1. The summed E-state index contributed by atoms with van der Waals surface area (Å²) in [6, 6.07) is 8.69. The molecule has 2 aromatic rings. The van der Waals surface area contributed by atoms with Crippen LogP contribution in [0.15, 0.2) is 34.3 Å². The average Bonchev–Trinajstić information content (AvgIpc) is 2.66. The average molecular weight is 258 g/mol. The number of rotatable bonds is 1. The molecule has 0 saturated carbocycles. The highest BCUT2D eigenvalue weighted by Crippen LogP contribution is 2.45. The molecule has 0 aliphatic carbocycles. The number of aryl methyl sites for hydroxylation is 1. The highest BCUT2D eigenvalue weighted by atomic mass is 32.2. The Hall–Kier alpha value is -1.22. The normalized spacial score (nSPS) is 23.7. The highest BCUT2D eigenvalue weighted by molar-refractivity contribution is 7.99. The molecule has 1 aromatic carbocycles. The molecule has 0 saturated heterocycles. The number of hydrogen-bond acceptors (Lipinski definition) is 2. The zero-order chi connectivity index (χ0) is 12.8. The van der Waals surface area contributed by atoms with Gasteiger partial charge in [0.15, 0.2) is 0 Å². The maximum absolute atomic E-state index is 4.30. The van der Waals surface area contributed by atoms with Gasteiger partial charge in [0.2, 0.25) is 0 Å². The number of aliphatic imine (C=N–C) groups is 1. The van der Waals surface area contributed by atoms with Crippen molar-refractivity contribution < 1.29 is 0 Å². The molecule has 3 heteroatoms. The van der Waals surface area contributed by atoms with E-state index in [1.807, 2.05) is 18.8 Å². The fourth-order valence-electron chi connectivity index (χ4n) is 2.99. The Kier molecular flexibility index (Phi) is 2.74. The van der Waals surface area contributed by atoms with E-state index in [0.29, 0.717) is 0 Å². The lowest BCUT2D eigenvalue weighted by Gasteiger charge is -2.30. The van der Waals surface area contributed by atoms with Crippen molar-refractivity contribution in [3.05, 3.63) is 29.8 Å². The summed E-state index contributed by atoms with van der Waals surface area (Å²) >= 11 is 1.97. The summed E-state index contributed by atoms with van der Waals surface area (Å²) in [5, 5.41) is 2.79. The summed E-state index contributed by atoms with van der Waals surface area (Å²) in [6.45, 7) is 2.31. The lowest BCUT2D eigenvalue weighted by Crippen LogP contribution is -2.28. The standard InChI is InChI=1S/C15H18N2S/c1-15(10-16-2)8-9-18-14-13(15)11-6-4-5-7-12(11)17(14)3/h4-7,10H,8-9H2,1-3H3. The molecular formula is C15H18N2S. The second kappa shape index (κ2) is 4.16. The first-order valence-electron chi connectivity index (χ1n) is 6.31. The van der Waals surface area contributed by atoms with Crippen LogP contribution in [0.3, 0.4) is 0 Å². The topological polar surface area (TPSA) is 17.3 Å². The molecule has 1 atom stereocenters. The minimum Gasteiger partial charge on any atom is -0.339 e. The number of hydrogen-bond donors (Lipinski definition) is 0. The van der Waals surface area contributed by atoms with Crippen LogP contribution in [0.2, 0.25) is 0 Å². The van der Waals surface area contributed by atoms with Gasteiger partial charge >= 0.3 is 0 Å². The first kappa shape index (κ1) is 11.8. The van der Waals surface area contributed by atoms with E-state index >= 15 is 0 Å². The molecule has 18 heavy (non-hydrogen) atoms. The minimum absolute atomic E-state index is 0.0796. The van der Waals surface area contributed by atoms with Crippen molar-refractivity contribution in [3.8, 4) is 0 Å². The van der Waals surface area contributed by atoms with Crippen LogP contribution in [0.4, 0.5) is 0 Å². The maximum Gasteiger partial charge on any atom is 0.0798 e. The van der Waals surface area contributed by atoms with Crippen molar-refractivity contribution in [3.63, 3.8) is 0 Å². The largest absolute Gasteiger partial charge is 0.339 e. The predicted molar refractivity (Wildman–Crippen MR) is 80.0 cm³/mol. The van der Waals surface area contributed by atoms with Crippen LogP contribution < -0.4 is 0 Å². The van der Waals surface area contributed by atoms with E-state index in [1.54, 1.807) is 0 Å². The van der Waals surface area contributed by atoms with E-state index in [4.69, 9.17) is 0 Å². The van der Waals surface area contributed by atoms with Gasteiger partial charge in [-0.1, -0.05) is 25.1 Å². The van der Waals surface area contributed by atoms with Gasteiger partial charge in [0.1, 0.15) is 0 Å². The quantitative estimate of drug-likeness (QED) is 0.714. The molecule has 1 aliphatic heterocycles. The van der Waals surface area contributed by atoms with E-state index in [0.717, 1.165) is 6.42 Å². The van der Waals surface area contributed by atoms with Gasteiger partial charge in [-0.15, -0.1) is 11.8 Å². The summed E-state index contributed by atoms with van der Waals surface area (Å²) in [6.07, 6.45) is 3.29. The first-order chi connectivity index (χ1) is 8.67. The molecule has 2 heterocycles. The summed E-state index contributed by atoms with van der Waals surface area (Å²) in [7, 11) is 4.04. The molecule has 2 nitrogen and oxygen atoms in total. The molecule has 0 bridgehead atoms. The lowest BCUT2D eigenvalue weighted by molar-refractivity contribution is 0.600. The monoisotopic (exact) mass is 258 g/mol. The molecule has 0 spiro atoms. The molecule has 1 aromatic heterocycles. The number of fused-ring (bicyclic) bond motifs is 3. The molecule has 0 N–H and O–H groups in total. The first-order valence-corrected chi connectivity index (χ1v) is 7.30. The second-order valence-corrected chi connectivity index (χ2v) is 6.24. The summed E-state index contributed by atoms with van der Waals surface area (Å²) in [5.74, 6) is 1.17. The van der Waals surface area contributed by atoms with Crippen molar-refractivity contribution in [2.75, 3.05) is 12.8 Å². The van der Waals surface area contributed by atoms with Crippen molar-refractivity contribution in [2.24, 2.45) is 12.0 Å². The van der Waals surface area contributed by atoms with Crippen LogP contribution in [0.1, 0.15) is 18.9 Å². The van der Waals surface area contributed by atoms with Crippen LogP contribution in [0.5, 0.6) is 0 Å². The van der Waals surface area contributed by atoms with Crippen molar-refractivity contribution in [1.29, 1.82) is 0 Å². The van der Waals surface area contributed by atoms with E-state index in [9.17, 15) is 0 Å². The van der Waals surface area contributed by atoms with E-state index in [2.05, 4.69) is 54.0 Å². The smallest absolute Gasteiger partial charge is 0.0798 e. The minimum atomic E-state index is 0.0796. The SMILES string of the molecule is CN=CC1(C)CCSc2c1c1ccccc1n2C. The maximum atomic E-state index is 4.30. The Morgan fingerprint density at radius 3 is 2.94 bits per heavy atom. The van der Waals surface area contributed by atoms with Gasteiger partial charge in [-0.3, -0.25) is 4.99 Å². The molecule has 0 fully saturated rings. The molecular weight excluding hydrogens is 240 g/mol.